The molecule has 2 heterocycles. The van der Waals surface area contributed by atoms with Crippen molar-refractivity contribution in [3.05, 3.63) is 77.5 Å². The quantitative estimate of drug-likeness (QED) is 0.363. The predicted octanol–water partition coefficient (Wildman–Crippen LogP) is 4.65. The van der Waals surface area contributed by atoms with Gasteiger partial charge in [-0.2, -0.15) is 0 Å². The second kappa shape index (κ2) is 8.71. The highest BCUT2D eigenvalue weighted by molar-refractivity contribution is 7.80. The molecule has 1 aliphatic heterocycles. The molecule has 0 atom stereocenters. The monoisotopic (exact) mass is 443 g/mol. The number of carbonyl (C=O) groups is 2. The van der Waals surface area contributed by atoms with Crippen molar-refractivity contribution in [2.45, 2.75) is 44.7 Å². The Kier molecular flexibility index (Phi) is 5.62. The van der Waals surface area contributed by atoms with Crippen LogP contribution in [0, 0.1) is 0 Å². The topological polar surface area (TPSA) is 54.3 Å². The number of hydrogen-bond acceptors (Lipinski definition) is 3. The number of carbonyl (C=O) groups excluding carboxylic acids is 2. The largest absolute Gasteiger partial charge is 0.342 e. The molecular weight excluding hydrogens is 418 g/mol. The summed E-state index contributed by atoms with van der Waals surface area (Å²) < 4.78 is 2.16. The summed E-state index contributed by atoms with van der Waals surface area (Å²) in [6.45, 7) is 0.711. The zero-order valence-electron chi connectivity index (χ0n) is 17.8. The van der Waals surface area contributed by atoms with Gasteiger partial charge in [0.15, 0.2) is 5.11 Å². The second-order valence-electron chi connectivity index (χ2n) is 8.50. The average Bonchev–Trinajstić information content (AvgIpc) is 3.15. The maximum atomic E-state index is 13.4. The van der Waals surface area contributed by atoms with Gasteiger partial charge in [0.05, 0.1) is 0 Å². The number of hydrogen-bond donors (Lipinski definition) is 1. The SMILES string of the molecule is O=C1NC(=S)N(C2CCCCC2)C(=O)C1=Cc1cn(Cc2ccccc2)c2ccccc12. The van der Waals surface area contributed by atoms with Crippen molar-refractivity contribution in [1.82, 2.24) is 14.8 Å². The number of nitrogens with zero attached hydrogens (tertiary/aromatic N) is 2. The maximum Gasteiger partial charge on any atom is 0.265 e. The van der Waals surface area contributed by atoms with Gasteiger partial charge in [-0.15, -0.1) is 0 Å². The standard InChI is InChI=1S/C26H25N3O2S/c30-24-22(25(31)29(26(32)27-24)20-11-5-2-6-12-20)15-19-17-28(16-18-9-3-1-4-10-18)23-14-8-7-13-21(19)23/h1,3-4,7-10,13-15,17,20H,2,5-6,11-12,16H2,(H,27,30,32). The fraction of sp³-hybridized carbons (Fsp3) is 0.269. The fourth-order valence-corrected chi connectivity index (χ4v) is 5.12. The minimum absolute atomic E-state index is 0.0622. The van der Waals surface area contributed by atoms with Crippen molar-refractivity contribution in [2.24, 2.45) is 0 Å². The summed E-state index contributed by atoms with van der Waals surface area (Å²) in [7, 11) is 0. The first-order valence-electron chi connectivity index (χ1n) is 11.1. The normalized spacial score (nSPS) is 19.1. The molecule has 2 fully saturated rings. The van der Waals surface area contributed by atoms with Crippen LogP contribution >= 0.6 is 12.2 Å². The Labute approximate surface area is 192 Å². The van der Waals surface area contributed by atoms with Gasteiger partial charge in [-0.25, -0.2) is 0 Å². The molecule has 0 unspecified atom stereocenters. The number of rotatable bonds is 4. The number of fused-ring (bicyclic) bond motifs is 1. The highest BCUT2D eigenvalue weighted by Gasteiger charge is 2.38. The molecule has 1 saturated heterocycles. The van der Waals surface area contributed by atoms with Crippen LogP contribution in [0.1, 0.15) is 43.2 Å². The lowest BCUT2D eigenvalue weighted by molar-refractivity contribution is -0.130. The first-order valence-corrected chi connectivity index (χ1v) is 11.5. The van der Waals surface area contributed by atoms with Crippen LogP contribution in [0.2, 0.25) is 0 Å². The molecule has 1 aliphatic carbocycles. The van der Waals surface area contributed by atoms with Gasteiger partial charge < -0.3 is 4.57 Å². The summed E-state index contributed by atoms with van der Waals surface area (Å²) in [5.41, 5.74) is 3.25. The van der Waals surface area contributed by atoms with Crippen molar-refractivity contribution in [1.29, 1.82) is 0 Å². The smallest absolute Gasteiger partial charge is 0.265 e. The van der Waals surface area contributed by atoms with Gasteiger partial charge in [0.2, 0.25) is 0 Å². The van der Waals surface area contributed by atoms with Crippen LogP contribution in [0.5, 0.6) is 0 Å². The number of amides is 2. The molecule has 32 heavy (non-hydrogen) atoms. The van der Waals surface area contributed by atoms with Crippen molar-refractivity contribution < 1.29 is 9.59 Å². The van der Waals surface area contributed by atoms with Crippen LogP contribution in [-0.4, -0.2) is 32.4 Å². The van der Waals surface area contributed by atoms with Crippen molar-refractivity contribution >= 4 is 46.1 Å². The van der Waals surface area contributed by atoms with E-state index in [0.717, 1.165) is 42.1 Å². The Morgan fingerprint density at radius 2 is 1.69 bits per heavy atom. The van der Waals surface area contributed by atoms with Crippen molar-refractivity contribution in [3.8, 4) is 0 Å². The van der Waals surface area contributed by atoms with E-state index in [-0.39, 0.29) is 22.6 Å². The summed E-state index contributed by atoms with van der Waals surface area (Å²) in [6.07, 6.45) is 8.92. The lowest BCUT2D eigenvalue weighted by Gasteiger charge is -2.37. The molecule has 2 aliphatic rings. The maximum absolute atomic E-state index is 13.4. The molecular formula is C26H25N3O2S. The van der Waals surface area contributed by atoms with Crippen LogP contribution < -0.4 is 5.32 Å². The number of aromatic nitrogens is 1. The van der Waals surface area contributed by atoms with Crippen molar-refractivity contribution in [3.63, 3.8) is 0 Å². The Morgan fingerprint density at radius 1 is 0.969 bits per heavy atom. The van der Waals surface area contributed by atoms with E-state index in [1.165, 1.54) is 12.0 Å². The molecule has 1 N–H and O–H groups in total. The van der Waals surface area contributed by atoms with E-state index in [4.69, 9.17) is 12.2 Å². The molecule has 2 aromatic carbocycles. The minimum Gasteiger partial charge on any atom is -0.342 e. The molecule has 0 spiro atoms. The third kappa shape index (κ3) is 3.86. The molecule has 162 valence electrons. The second-order valence-corrected chi connectivity index (χ2v) is 8.89. The predicted molar refractivity (Wildman–Crippen MR) is 130 cm³/mol. The zero-order valence-corrected chi connectivity index (χ0v) is 18.6. The fourth-order valence-electron chi connectivity index (χ4n) is 4.80. The lowest BCUT2D eigenvalue weighted by Crippen LogP contribution is -2.57. The molecule has 5 nitrogen and oxygen atoms in total. The van der Waals surface area contributed by atoms with Crippen LogP contribution in [0.15, 0.2) is 66.4 Å². The lowest BCUT2D eigenvalue weighted by atomic mass is 9.93. The van der Waals surface area contributed by atoms with Gasteiger partial charge in [0, 0.05) is 35.2 Å². The van der Waals surface area contributed by atoms with Gasteiger partial charge in [-0.3, -0.25) is 19.8 Å². The molecule has 1 saturated carbocycles. The van der Waals surface area contributed by atoms with Gasteiger partial charge in [0.25, 0.3) is 11.8 Å². The first kappa shape index (κ1) is 20.6. The average molecular weight is 444 g/mol. The van der Waals surface area contributed by atoms with Gasteiger partial charge in [0.1, 0.15) is 5.57 Å². The third-order valence-electron chi connectivity index (χ3n) is 6.39. The molecule has 0 bridgehead atoms. The molecule has 0 radical (unpaired) electrons. The van der Waals surface area contributed by atoms with E-state index in [1.807, 2.05) is 42.6 Å². The van der Waals surface area contributed by atoms with Crippen LogP contribution in [0.4, 0.5) is 0 Å². The highest BCUT2D eigenvalue weighted by Crippen LogP contribution is 2.29. The Morgan fingerprint density at radius 3 is 2.47 bits per heavy atom. The Hall–Kier alpha value is -3.25. The van der Waals surface area contributed by atoms with E-state index in [9.17, 15) is 9.59 Å². The van der Waals surface area contributed by atoms with Gasteiger partial charge in [-0.1, -0.05) is 67.8 Å². The third-order valence-corrected chi connectivity index (χ3v) is 6.69. The summed E-state index contributed by atoms with van der Waals surface area (Å²) in [6, 6.07) is 18.4. The molecule has 1 aromatic heterocycles. The molecule has 2 amide bonds. The van der Waals surface area contributed by atoms with E-state index in [2.05, 4.69) is 28.1 Å². The van der Waals surface area contributed by atoms with Crippen molar-refractivity contribution in [2.75, 3.05) is 0 Å². The van der Waals surface area contributed by atoms with E-state index >= 15 is 0 Å². The highest BCUT2D eigenvalue weighted by atomic mass is 32.1. The van der Waals surface area contributed by atoms with Crippen LogP contribution in [0.3, 0.4) is 0 Å². The number of para-hydroxylation sites is 1. The van der Waals surface area contributed by atoms with E-state index in [0.29, 0.717) is 6.54 Å². The minimum atomic E-state index is -0.424. The Balaban J connectivity index is 1.53. The van der Waals surface area contributed by atoms with Gasteiger partial charge in [-0.05, 0) is 42.8 Å². The number of thiocarbonyl (C=S) groups is 1. The van der Waals surface area contributed by atoms with E-state index in [1.54, 1.807) is 11.0 Å². The number of nitrogens with one attached hydrogen (secondary N) is 1. The van der Waals surface area contributed by atoms with Crippen LogP contribution in [-0.2, 0) is 16.1 Å². The summed E-state index contributed by atoms with van der Waals surface area (Å²) in [5, 5.41) is 3.98. The summed E-state index contributed by atoms with van der Waals surface area (Å²) in [4.78, 5) is 27.8. The van der Waals surface area contributed by atoms with Gasteiger partial charge >= 0.3 is 0 Å². The number of benzene rings is 2. The summed E-state index contributed by atoms with van der Waals surface area (Å²) in [5.74, 6) is -0.711. The van der Waals surface area contributed by atoms with Crippen LogP contribution in [0.25, 0.3) is 17.0 Å². The molecule has 6 heteroatoms. The first-order chi connectivity index (χ1) is 15.6. The molecule has 5 rings (SSSR count). The Bertz CT molecular complexity index is 1220. The zero-order chi connectivity index (χ0) is 22.1. The molecule has 3 aromatic rings. The summed E-state index contributed by atoms with van der Waals surface area (Å²) >= 11 is 5.38. The van der Waals surface area contributed by atoms with E-state index < -0.39 is 5.91 Å².